The molecule has 0 aliphatic rings. The normalized spacial score (nSPS) is 10.1. The van der Waals surface area contributed by atoms with Crippen LogP contribution in [0.25, 0.3) is 0 Å². The molecule has 82 valence electrons. The molecule has 2 aromatic rings. The Balaban J connectivity index is 2.18. The molecular weight excluding hydrogens is 342 g/mol. The topological polar surface area (TPSA) is 42.0 Å². The molecule has 0 saturated carbocycles. The molecule has 0 aliphatic carbocycles. The maximum atomic E-state index is 13.4. The molecule has 0 saturated heterocycles. The lowest BCUT2D eigenvalue weighted by atomic mass is 10.3. The van der Waals surface area contributed by atoms with Gasteiger partial charge in [0.1, 0.15) is 11.5 Å². The zero-order valence-corrected chi connectivity index (χ0v) is 10.9. The first-order chi connectivity index (χ1) is 7.66. The summed E-state index contributed by atoms with van der Waals surface area (Å²) >= 11 is 3.32. The van der Waals surface area contributed by atoms with Crippen molar-refractivity contribution in [2.75, 3.05) is 5.32 Å². The van der Waals surface area contributed by atoms with Gasteiger partial charge in [-0.2, -0.15) is 0 Å². The Bertz CT molecular complexity index is 516. The minimum Gasteiger partial charge on any atom is -0.318 e. The lowest BCUT2D eigenvalue weighted by Crippen LogP contribution is -2.13. The van der Waals surface area contributed by atoms with Crippen molar-refractivity contribution < 1.29 is 9.18 Å². The lowest BCUT2D eigenvalue weighted by molar-refractivity contribution is 0.102. The summed E-state index contributed by atoms with van der Waals surface area (Å²) in [6, 6.07) is 4.61. The average Bonchev–Trinajstić information content (AvgIpc) is 2.75. The number of carbonyl (C=O) groups is 1. The fourth-order valence-corrected chi connectivity index (χ4v) is 2.09. The summed E-state index contributed by atoms with van der Waals surface area (Å²) in [5.41, 5.74) is 2.01. The summed E-state index contributed by atoms with van der Waals surface area (Å²) < 4.78 is 14.2. The number of nitrogens with one attached hydrogen (secondary N) is 1. The summed E-state index contributed by atoms with van der Waals surface area (Å²) in [7, 11) is 0. The van der Waals surface area contributed by atoms with Gasteiger partial charge in [-0.15, -0.1) is 11.3 Å². The van der Waals surface area contributed by atoms with Crippen molar-refractivity contribution in [3.05, 3.63) is 44.2 Å². The van der Waals surface area contributed by atoms with Crippen LogP contribution in [0, 0.1) is 9.39 Å². The number of thiazole rings is 1. The van der Waals surface area contributed by atoms with Gasteiger partial charge in [0.05, 0.1) is 11.2 Å². The molecule has 0 unspecified atom stereocenters. The van der Waals surface area contributed by atoms with E-state index in [-0.39, 0.29) is 5.69 Å². The monoisotopic (exact) mass is 348 g/mol. The molecule has 1 aromatic carbocycles. The number of aromatic nitrogens is 1. The van der Waals surface area contributed by atoms with E-state index in [9.17, 15) is 9.18 Å². The molecule has 1 heterocycles. The van der Waals surface area contributed by atoms with Gasteiger partial charge in [-0.3, -0.25) is 4.79 Å². The smallest absolute Gasteiger partial charge is 0.275 e. The second-order valence-electron chi connectivity index (χ2n) is 2.95. The van der Waals surface area contributed by atoms with E-state index in [2.05, 4.69) is 10.3 Å². The molecule has 6 heteroatoms. The summed E-state index contributed by atoms with van der Waals surface area (Å²) in [4.78, 5) is 15.4. The molecule has 3 nitrogen and oxygen atoms in total. The number of rotatable bonds is 2. The van der Waals surface area contributed by atoms with Crippen LogP contribution in [0.2, 0.25) is 0 Å². The maximum Gasteiger partial charge on any atom is 0.275 e. The largest absolute Gasteiger partial charge is 0.318 e. The first-order valence-corrected chi connectivity index (χ1v) is 6.33. The average molecular weight is 348 g/mol. The van der Waals surface area contributed by atoms with E-state index in [0.717, 1.165) is 3.57 Å². The van der Waals surface area contributed by atoms with Crippen LogP contribution in [0.3, 0.4) is 0 Å². The Kier molecular flexibility index (Phi) is 3.49. The third-order valence-electron chi connectivity index (χ3n) is 1.84. The number of anilines is 1. The Morgan fingerprint density at radius 1 is 1.50 bits per heavy atom. The number of nitrogens with zero attached hydrogens (tertiary/aromatic N) is 1. The van der Waals surface area contributed by atoms with Crippen LogP contribution in [0.1, 0.15) is 10.5 Å². The highest BCUT2D eigenvalue weighted by molar-refractivity contribution is 14.1. The van der Waals surface area contributed by atoms with Gasteiger partial charge < -0.3 is 5.32 Å². The number of halogens is 2. The highest BCUT2D eigenvalue weighted by atomic mass is 127. The first kappa shape index (κ1) is 11.5. The van der Waals surface area contributed by atoms with E-state index in [1.807, 2.05) is 22.6 Å². The minimum atomic E-state index is -0.449. The van der Waals surface area contributed by atoms with Crippen LogP contribution in [0.4, 0.5) is 10.1 Å². The molecule has 0 radical (unpaired) electrons. The third kappa shape index (κ3) is 2.56. The van der Waals surface area contributed by atoms with Crippen LogP contribution in [-0.4, -0.2) is 10.9 Å². The highest BCUT2D eigenvalue weighted by Gasteiger charge is 2.10. The van der Waals surface area contributed by atoms with Gasteiger partial charge in [0.15, 0.2) is 0 Å². The molecule has 0 spiro atoms. The fraction of sp³-hybridized carbons (Fsp3) is 0. The van der Waals surface area contributed by atoms with Crippen molar-refractivity contribution in [3.63, 3.8) is 0 Å². The molecular formula is C10H6FIN2OS. The Labute approximate surface area is 109 Å². The van der Waals surface area contributed by atoms with Gasteiger partial charge in [0.2, 0.25) is 0 Å². The minimum absolute atomic E-state index is 0.165. The summed E-state index contributed by atoms with van der Waals surface area (Å²) in [5.74, 6) is -0.850. The highest BCUT2D eigenvalue weighted by Crippen LogP contribution is 2.17. The molecule has 0 atom stereocenters. The molecule has 16 heavy (non-hydrogen) atoms. The molecule has 0 bridgehead atoms. The van der Waals surface area contributed by atoms with Crippen LogP contribution < -0.4 is 5.32 Å². The van der Waals surface area contributed by atoms with Gasteiger partial charge in [-0.25, -0.2) is 9.37 Å². The van der Waals surface area contributed by atoms with Gasteiger partial charge in [0, 0.05) is 8.95 Å². The first-order valence-electron chi connectivity index (χ1n) is 4.31. The van der Waals surface area contributed by atoms with Gasteiger partial charge in [-0.05, 0) is 40.8 Å². The number of hydrogen-bond donors (Lipinski definition) is 1. The standard InChI is InChI=1S/C10H6FIN2OS/c11-7-3-6(12)1-2-8(7)14-10(15)9-4-16-5-13-9/h1-5H,(H,14,15). The molecule has 1 amide bonds. The SMILES string of the molecule is O=C(Nc1ccc(I)cc1F)c1cscn1. The third-order valence-corrected chi connectivity index (χ3v) is 3.10. The number of amides is 1. The van der Waals surface area contributed by atoms with Crippen molar-refractivity contribution in [2.24, 2.45) is 0 Å². The molecule has 1 aromatic heterocycles. The van der Waals surface area contributed by atoms with Crippen molar-refractivity contribution in [2.45, 2.75) is 0 Å². The van der Waals surface area contributed by atoms with Crippen molar-refractivity contribution >= 4 is 45.5 Å². The number of hydrogen-bond acceptors (Lipinski definition) is 3. The predicted octanol–water partition coefficient (Wildman–Crippen LogP) is 3.14. The van der Waals surface area contributed by atoms with Crippen LogP contribution in [-0.2, 0) is 0 Å². The van der Waals surface area contributed by atoms with E-state index in [1.165, 1.54) is 23.5 Å². The molecule has 0 aliphatic heterocycles. The second-order valence-corrected chi connectivity index (χ2v) is 4.92. The van der Waals surface area contributed by atoms with E-state index >= 15 is 0 Å². The summed E-state index contributed by atoms with van der Waals surface area (Å²) in [6.45, 7) is 0. The zero-order valence-electron chi connectivity index (χ0n) is 7.91. The van der Waals surface area contributed by atoms with E-state index in [4.69, 9.17) is 0 Å². The second kappa shape index (κ2) is 4.88. The number of carbonyl (C=O) groups excluding carboxylic acids is 1. The van der Waals surface area contributed by atoms with Crippen LogP contribution in [0.15, 0.2) is 29.1 Å². The number of benzene rings is 1. The van der Waals surface area contributed by atoms with Gasteiger partial charge >= 0.3 is 0 Å². The van der Waals surface area contributed by atoms with Gasteiger partial charge in [0.25, 0.3) is 5.91 Å². The zero-order chi connectivity index (χ0) is 11.5. The van der Waals surface area contributed by atoms with Crippen molar-refractivity contribution in [1.82, 2.24) is 4.98 Å². The van der Waals surface area contributed by atoms with Crippen molar-refractivity contribution in [1.29, 1.82) is 0 Å². The van der Waals surface area contributed by atoms with Crippen LogP contribution >= 0.6 is 33.9 Å². The summed E-state index contributed by atoms with van der Waals surface area (Å²) in [5, 5.41) is 4.08. The Hall–Kier alpha value is -1.02. The predicted molar refractivity (Wildman–Crippen MR) is 69.2 cm³/mol. The van der Waals surface area contributed by atoms with E-state index in [1.54, 1.807) is 17.0 Å². The lowest BCUT2D eigenvalue weighted by Gasteiger charge is -2.04. The Morgan fingerprint density at radius 2 is 2.31 bits per heavy atom. The summed E-state index contributed by atoms with van der Waals surface area (Å²) in [6.07, 6.45) is 0. The van der Waals surface area contributed by atoms with E-state index in [0.29, 0.717) is 5.69 Å². The maximum absolute atomic E-state index is 13.4. The quantitative estimate of drug-likeness (QED) is 0.848. The molecule has 0 fully saturated rings. The van der Waals surface area contributed by atoms with E-state index < -0.39 is 11.7 Å². The van der Waals surface area contributed by atoms with Gasteiger partial charge in [-0.1, -0.05) is 0 Å². The molecule has 2 rings (SSSR count). The molecule has 1 N–H and O–H groups in total. The van der Waals surface area contributed by atoms with Crippen molar-refractivity contribution in [3.8, 4) is 0 Å². The van der Waals surface area contributed by atoms with Crippen LogP contribution in [0.5, 0.6) is 0 Å². The fourth-order valence-electron chi connectivity index (χ4n) is 1.10. The Morgan fingerprint density at radius 3 is 2.94 bits per heavy atom.